The maximum atomic E-state index is 5.46. The third-order valence-corrected chi connectivity index (χ3v) is 2.44. The van der Waals surface area contributed by atoms with E-state index in [0.717, 1.165) is 31.4 Å². The van der Waals surface area contributed by atoms with Crippen molar-refractivity contribution in [2.75, 3.05) is 13.2 Å². The van der Waals surface area contributed by atoms with Crippen molar-refractivity contribution in [3.63, 3.8) is 0 Å². The lowest BCUT2D eigenvalue weighted by atomic mass is 10.1. The lowest BCUT2D eigenvalue weighted by Crippen LogP contribution is -2.16. The van der Waals surface area contributed by atoms with E-state index in [1.54, 1.807) is 0 Å². The van der Waals surface area contributed by atoms with Crippen molar-refractivity contribution in [3.8, 4) is 5.75 Å². The molecule has 0 aliphatic carbocycles. The molecule has 0 saturated carbocycles. The fourth-order valence-corrected chi connectivity index (χ4v) is 1.54. The molecular formula is C14H23NO. The van der Waals surface area contributed by atoms with E-state index in [4.69, 9.17) is 4.74 Å². The zero-order valence-corrected chi connectivity index (χ0v) is 10.6. The molecule has 0 bridgehead atoms. The predicted molar refractivity (Wildman–Crippen MR) is 68.8 cm³/mol. The Kier molecular flexibility index (Phi) is 5.94. The van der Waals surface area contributed by atoms with E-state index in [9.17, 15) is 0 Å². The van der Waals surface area contributed by atoms with E-state index in [-0.39, 0.29) is 0 Å². The molecule has 0 spiro atoms. The number of rotatable bonds is 7. The summed E-state index contributed by atoms with van der Waals surface area (Å²) >= 11 is 0. The van der Waals surface area contributed by atoms with E-state index in [1.807, 2.05) is 19.1 Å². The quantitative estimate of drug-likeness (QED) is 0.714. The molecule has 0 radical (unpaired) electrons. The SMILES string of the molecule is CCOc1cccc(CNCCC(C)C)c1. The fourth-order valence-electron chi connectivity index (χ4n) is 1.54. The number of hydrogen-bond donors (Lipinski definition) is 1. The monoisotopic (exact) mass is 221 g/mol. The molecule has 90 valence electrons. The first-order chi connectivity index (χ1) is 7.72. The van der Waals surface area contributed by atoms with Gasteiger partial charge in [-0.25, -0.2) is 0 Å². The summed E-state index contributed by atoms with van der Waals surface area (Å²) in [5, 5.41) is 3.45. The van der Waals surface area contributed by atoms with Crippen LogP contribution in [0, 0.1) is 5.92 Å². The summed E-state index contributed by atoms with van der Waals surface area (Å²) in [5.74, 6) is 1.73. The van der Waals surface area contributed by atoms with Gasteiger partial charge in [-0.15, -0.1) is 0 Å². The van der Waals surface area contributed by atoms with Gasteiger partial charge in [0.05, 0.1) is 6.61 Å². The van der Waals surface area contributed by atoms with Gasteiger partial charge in [0.1, 0.15) is 5.75 Å². The summed E-state index contributed by atoms with van der Waals surface area (Å²) in [6, 6.07) is 8.28. The van der Waals surface area contributed by atoms with Gasteiger partial charge >= 0.3 is 0 Å². The van der Waals surface area contributed by atoms with Crippen LogP contribution in [0.15, 0.2) is 24.3 Å². The maximum Gasteiger partial charge on any atom is 0.119 e. The molecule has 0 aromatic heterocycles. The largest absolute Gasteiger partial charge is 0.494 e. The van der Waals surface area contributed by atoms with Gasteiger partial charge in [-0.3, -0.25) is 0 Å². The van der Waals surface area contributed by atoms with Crippen LogP contribution in [0.2, 0.25) is 0 Å². The molecule has 0 atom stereocenters. The second-order valence-corrected chi connectivity index (χ2v) is 4.44. The highest BCUT2D eigenvalue weighted by Gasteiger charge is 1.97. The number of nitrogens with one attached hydrogen (secondary N) is 1. The van der Waals surface area contributed by atoms with Gasteiger partial charge in [0.25, 0.3) is 0 Å². The Morgan fingerprint density at radius 3 is 2.81 bits per heavy atom. The Bertz CT molecular complexity index is 297. The molecular weight excluding hydrogens is 198 g/mol. The first kappa shape index (κ1) is 13.0. The van der Waals surface area contributed by atoms with Crippen molar-refractivity contribution in [1.82, 2.24) is 5.32 Å². The van der Waals surface area contributed by atoms with Crippen LogP contribution in [0.5, 0.6) is 5.75 Å². The average molecular weight is 221 g/mol. The van der Waals surface area contributed by atoms with Crippen LogP contribution in [0.4, 0.5) is 0 Å². The molecule has 1 aromatic rings. The van der Waals surface area contributed by atoms with Crippen molar-refractivity contribution in [2.45, 2.75) is 33.7 Å². The summed E-state index contributed by atoms with van der Waals surface area (Å²) in [5.41, 5.74) is 1.29. The highest BCUT2D eigenvalue weighted by molar-refractivity contribution is 5.28. The molecule has 0 heterocycles. The zero-order chi connectivity index (χ0) is 11.8. The molecule has 0 aliphatic rings. The topological polar surface area (TPSA) is 21.3 Å². The van der Waals surface area contributed by atoms with Crippen molar-refractivity contribution >= 4 is 0 Å². The molecule has 1 aromatic carbocycles. The summed E-state index contributed by atoms with van der Waals surface area (Å²) in [7, 11) is 0. The van der Waals surface area contributed by atoms with Crippen molar-refractivity contribution < 1.29 is 4.74 Å². The number of ether oxygens (including phenoxy) is 1. The second kappa shape index (κ2) is 7.29. The molecule has 1 rings (SSSR count). The minimum absolute atomic E-state index is 0.726. The van der Waals surface area contributed by atoms with Crippen LogP contribution in [0.1, 0.15) is 32.8 Å². The smallest absolute Gasteiger partial charge is 0.119 e. The summed E-state index contributed by atoms with van der Waals surface area (Å²) < 4.78 is 5.46. The van der Waals surface area contributed by atoms with Crippen LogP contribution in [0.3, 0.4) is 0 Å². The van der Waals surface area contributed by atoms with Crippen LogP contribution in [0.25, 0.3) is 0 Å². The summed E-state index contributed by atoms with van der Waals surface area (Å²) in [6.07, 6.45) is 1.23. The van der Waals surface area contributed by atoms with Crippen molar-refractivity contribution in [2.24, 2.45) is 5.92 Å². The summed E-state index contributed by atoms with van der Waals surface area (Å²) in [6.45, 7) is 9.23. The van der Waals surface area contributed by atoms with Crippen molar-refractivity contribution in [3.05, 3.63) is 29.8 Å². The van der Waals surface area contributed by atoms with E-state index in [2.05, 4.69) is 31.3 Å². The lowest BCUT2D eigenvalue weighted by Gasteiger charge is -2.08. The second-order valence-electron chi connectivity index (χ2n) is 4.44. The third kappa shape index (κ3) is 5.17. The first-order valence-electron chi connectivity index (χ1n) is 6.14. The van der Waals surface area contributed by atoms with Gasteiger partial charge in [-0.1, -0.05) is 26.0 Å². The fraction of sp³-hybridized carbons (Fsp3) is 0.571. The Labute approximate surface area is 99.0 Å². The predicted octanol–water partition coefficient (Wildman–Crippen LogP) is 3.22. The van der Waals surface area contributed by atoms with Gasteiger partial charge in [-0.2, -0.15) is 0 Å². The molecule has 0 unspecified atom stereocenters. The van der Waals surface area contributed by atoms with Crippen LogP contribution >= 0.6 is 0 Å². The summed E-state index contributed by atoms with van der Waals surface area (Å²) in [4.78, 5) is 0. The van der Waals surface area contributed by atoms with E-state index in [0.29, 0.717) is 0 Å². The Morgan fingerprint density at radius 1 is 1.31 bits per heavy atom. The maximum absolute atomic E-state index is 5.46. The van der Waals surface area contributed by atoms with Crippen LogP contribution in [-0.4, -0.2) is 13.2 Å². The standard InChI is InChI=1S/C14H23NO/c1-4-16-14-7-5-6-13(10-14)11-15-9-8-12(2)3/h5-7,10,12,15H,4,8-9,11H2,1-3H3. The Hall–Kier alpha value is -1.02. The molecule has 0 amide bonds. The number of benzene rings is 1. The minimum Gasteiger partial charge on any atom is -0.494 e. The lowest BCUT2D eigenvalue weighted by molar-refractivity contribution is 0.340. The first-order valence-corrected chi connectivity index (χ1v) is 6.14. The van der Waals surface area contributed by atoms with Gasteiger partial charge in [0, 0.05) is 6.54 Å². The Morgan fingerprint density at radius 2 is 2.12 bits per heavy atom. The average Bonchev–Trinajstić information content (AvgIpc) is 2.25. The van der Waals surface area contributed by atoms with Gasteiger partial charge in [-0.05, 0) is 43.5 Å². The highest BCUT2D eigenvalue weighted by Crippen LogP contribution is 2.13. The van der Waals surface area contributed by atoms with Crippen LogP contribution < -0.4 is 10.1 Å². The molecule has 0 aliphatic heterocycles. The highest BCUT2D eigenvalue weighted by atomic mass is 16.5. The molecule has 2 nitrogen and oxygen atoms in total. The molecule has 1 N–H and O–H groups in total. The molecule has 0 fully saturated rings. The molecule has 16 heavy (non-hydrogen) atoms. The molecule has 2 heteroatoms. The minimum atomic E-state index is 0.726. The number of hydrogen-bond acceptors (Lipinski definition) is 2. The van der Waals surface area contributed by atoms with Crippen molar-refractivity contribution in [1.29, 1.82) is 0 Å². The van der Waals surface area contributed by atoms with E-state index < -0.39 is 0 Å². The van der Waals surface area contributed by atoms with E-state index in [1.165, 1.54) is 12.0 Å². The van der Waals surface area contributed by atoms with Gasteiger partial charge in [0.15, 0.2) is 0 Å². The van der Waals surface area contributed by atoms with Gasteiger partial charge in [0.2, 0.25) is 0 Å². The van der Waals surface area contributed by atoms with E-state index >= 15 is 0 Å². The normalized spacial score (nSPS) is 10.8. The zero-order valence-electron chi connectivity index (χ0n) is 10.6. The van der Waals surface area contributed by atoms with Crippen LogP contribution in [-0.2, 0) is 6.54 Å². The Balaban J connectivity index is 2.33. The third-order valence-electron chi connectivity index (χ3n) is 2.44. The molecule has 0 saturated heterocycles. The van der Waals surface area contributed by atoms with Gasteiger partial charge < -0.3 is 10.1 Å².